The van der Waals surface area contributed by atoms with E-state index in [1.54, 1.807) is 0 Å². The van der Waals surface area contributed by atoms with Crippen molar-refractivity contribution in [3.05, 3.63) is 12.2 Å². The first kappa shape index (κ1) is 11.9. The summed E-state index contributed by atoms with van der Waals surface area (Å²) in [5.74, 6) is 0.492. The number of esters is 1. The second-order valence-corrected chi connectivity index (χ2v) is 5.87. The molecular weight excluding hydrogens is 228 g/mol. The lowest BCUT2D eigenvalue weighted by Crippen LogP contribution is -2.23. The molecule has 3 unspecified atom stereocenters. The minimum absolute atomic E-state index is 0.00564. The third-order valence-corrected chi connectivity index (χ3v) is 4.59. The van der Waals surface area contributed by atoms with Gasteiger partial charge in [0.25, 0.3) is 0 Å². The van der Waals surface area contributed by atoms with Crippen molar-refractivity contribution in [2.75, 3.05) is 0 Å². The maximum absolute atomic E-state index is 11.9. The number of carbonyl (C=O) groups excluding carboxylic acids is 2. The second kappa shape index (κ2) is 4.87. The van der Waals surface area contributed by atoms with Gasteiger partial charge in [0.2, 0.25) is 0 Å². The average Bonchev–Trinajstić information content (AvgIpc) is 2.85. The maximum Gasteiger partial charge on any atom is 0.306 e. The van der Waals surface area contributed by atoms with Crippen LogP contribution in [0, 0.1) is 17.8 Å². The summed E-state index contributed by atoms with van der Waals surface area (Å²) < 4.78 is 5.52. The average molecular weight is 248 g/mol. The Balaban J connectivity index is 1.49. The predicted molar refractivity (Wildman–Crippen MR) is 66.8 cm³/mol. The van der Waals surface area contributed by atoms with Crippen LogP contribution < -0.4 is 0 Å². The predicted octanol–water partition coefficient (Wildman–Crippen LogP) is 2.64. The third-order valence-electron chi connectivity index (χ3n) is 4.59. The van der Waals surface area contributed by atoms with E-state index in [1.165, 1.54) is 19.3 Å². The van der Waals surface area contributed by atoms with E-state index >= 15 is 0 Å². The molecule has 98 valence electrons. The highest BCUT2D eigenvalue weighted by Crippen LogP contribution is 2.42. The Morgan fingerprint density at radius 3 is 2.61 bits per heavy atom. The SMILES string of the molecule is O=C(CC1CC2C=CC1C2=O)OC1CCCCC1. The van der Waals surface area contributed by atoms with Gasteiger partial charge in [-0.2, -0.15) is 0 Å². The van der Waals surface area contributed by atoms with E-state index in [1.807, 2.05) is 12.2 Å². The van der Waals surface area contributed by atoms with Gasteiger partial charge in [-0.15, -0.1) is 0 Å². The summed E-state index contributed by atoms with van der Waals surface area (Å²) in [6, 6.07) is 0. The summed E-state index contributed by atoms with van der Waals surface area (Å²) in [7, 11) is 0. The molecule has 0 aromatic rings. The van der Waals surface area contributed by atoms with E-state index in [4.69, 9.17) is 4.74 Å². The van der Waals surface area contributed by atoms with Crippen LogP contribution in [-0.2, 0) is 14.3 Å². The molecule has 2 bridgehead atoms. The lowest BCUT2D eigenvalue weighted by molar-refractivity contribution is -0.151. The van der Waals surface area contributed by atoms with Crippen LogP contribution in [0.1, 0.15) is 44.9 Å². The Morgan fingerprint density at radius 1 is 1.22 bits per heavy atom. The number of rotatable bonds is 3. The van der Waals surface area contributed by atoms with Crippen LogP contribution in [0.5, 0.6) is 0 Å². The fraction of sp³-hybridized carbons (Fsp3) is 0.733. The number of allylic oxidation sites excluding steroid dienone is 2. The quantitative estimate of drug-likeness (QED) is 0.569. The monoisotopic (exact) mass is 248 g/mol. The van der Waals surface area contributed by atoms with Crippen molar-refractivity contribution in [1.82, 2.24) is 0 Å². The Labute approximate surface area is 108 Å². The van der Waals surface area contributed by atoms with Crippen molar-refractivity contribution >= 4 is 11.8 Å². The molecule has 0 aliphatic heterocycles. The molecule has 0 amide bonds. The molecule has 0 heterocycles. The Kier molecular flexibility index (Phi) is 3.23. The highest BCUT2D eigenvalue weighted by Gasteiger charge is 2.44. The standard InChI is InChI=1S/C15H20O3/c16-14(18-12-4-2-1-3-5-12)9-11-8-10-6-7-13(11)15(10)17/h6-7,10-13H,1-5,8-9H2. The van der Waals surface area contributed by atoms with Gasteiger partial charge in [-0.1, -0.05) is 18.6 Å². The van der Waals surface area contributed by atoms with Gasteiger partial charge >= 0.3 is 5.97 Å². The molecule has 3 aliphatic rings. The number of ether oxygens (including phenoxy) is 1. The molecule has 18 heavy (non-hydrogen) atoms. The normalized spacial score (nSPS) is 35.1. The van der Waals surface area contributed by atoms with Crippen LogP contribution in [0.3, 0.4) is 0 Å². The van der Waals surface area contributed by atoms with Crippen molar-refractivity contribution < 1.29 is 14.3 Å². The number of hydrogen-bond acceptors (Lipinski definition) is 3. The Hall–Kier alpha value is -1.12. The van der Waals surface area contributed by atoms with Gasteiger partial charge in [-0.05, 0) is 38.0 Å². The van der Waals surface area contributed by atoms with Gasteiger partial charge in [0.1, 0.15) is 11.9 Å². The molecule has 3 rings (SSSR count). The molecular formula is C15H20O3. The van der Waals surface area contributed by atoms with Crippen LogP contribution in [0.2, 0.25) is 0 Å². The van der Waals surface area contributed by atoms with Gasteiger partial charge in [-0.3, -0.25) is 9.59 Å². The molecule has 2 saturated carbocycles. The summed E-state index contributed by atoms with van der Waals surface area (Å²) in [6.07, 6.45) is 11.0. The van der Waals surface area contributed by atoms with Crippen LogP contribution in [0.4, 0.5) is 0 Å². The number of hydrogen-bond donors (Lipinski definition) is 0. The summed E-state index contributed by atoms with van der Waals surface area (Å²) >= 11 is 0. The maximum atomic E-state index is 11.9. The van der Waals surface area contributed by atoms with E-state index in [-0.39, 0.29) is 29.8 Å². The van der Waals surface area contributed by atoms with Gasteiger partial charge in [-0.25, -0.2) is 0 Å². The molecule has 2 fully saturated rings. The van der Waals surface area contributed by atoms with Crippen molar-refractivity contribution in [2.24, 2.45) is 17.8 Å². The zero-order valence-corrected chi connectivity index (χ0v) is 10.6. The van der Waals surface area contributed by atoms with Gasteiger partial charge in [0.15, 0.2) is 0 Å². The molecule has 3 heteroatoms. The molecule has 0 radical (unpaired) electrons. The second-order valence-electron chi connectivity index (χ2n) is 5.87. The molecule has 3 atom stereocenters. The first-order valence-electron chi connectivity index (χ1n) is 7.15. The first-order chi connectivity index (χ1) is 8.74. The molecule has 0 N–H and O–H groups in total. The van der Waals surface area contributed by atoms with E-state index in [0.717, 1.165) is 19.3 Å². The van der Waals surface area contributed by atoms with Crippen molar-refractivity contribution in [2.45, 2.75) is 51.0 Å². The van der Waals surface area contributed by atoms with E-state index in [0.29, 0.717) is 12.2 Å². The van der Waals surface area contributed by atoms with Crippen LogP contribution in [-0.4, -0.2) is 17.9 Å². The molecule has 3 aliphatic carbocycles. The molecule has 0 aromatic heterocycles. The molecule has 0 saturated heterocycles. The number of Topliss-reactive ketones (excluding diaryl/α,β-unsaturated/α-hetero) is 1. The highest BCUT2D eigenvalue weighted by molar-refractivity contribution is 5.92. The summed E-state index contributed by atoms with van der Waals surface area (Å²) in [4.78, 5) is 23.6. The highest BCUT2D eigenvalue weighted by atomic mass is 16.5. The van der Waals surface area contributed by atoms with E-state index in [2.05, 4.69) is 0 Å². The first-order valence-corrected chi connectivity index (χ1v) is 7.15. The van der Waals surface area contributed by atoms with Gasteiger partial charge in [0.05, 0.1) is 0 Å². The summed E-state index contributed by atoms with van der Waals surface area (Å²) in [5, 5.41) is 0. The van der Waals surface area contributed by atoms with Crippen molar-refractivity contribution in [1.29, 1.82) is 0 Å². The van der Waals surface area contributed by atoms with E-state index < -0.39 is 0 Å². The number of ketones is 1. The topological polar surface area (TPSA) is 43.4 Å². The zero-order valence-electron chi connectivity index (χ0n) is 10.6. The van der Waals surface area contributed by atoms with Crippen molar-refractivity contribution in [3.63, 3.8) is 0 Å². The van der Waals surface area contributed by atoms with E-state index in [9.17, 15) is 9.59 Å². The van der Waals surface area contributed by atoms with Crippen LogP contribution in [0.25, 0.3) is 0 Å². The van der Waals surface area contributed by atoms with Crippen LogP contribution >= 0.6 is 0 Å². The largest absolute Gasteiger partial charge is 0.462 e. The number of fused-ring (bicyclic) bond motifs is 2. The lowest BCUT2D eigenvalue weighted by Gasteiger charge is -2.23. The number of carbonyl (C=O) groups is 2. The fourth-order valence-electron chi connectivity index (χ4n) is 3.59. The van der Waals surface area contributed by atoms with Gasteiger partial charge in [0, 0.05) is 18.3 Å². The lowest BCUT2D eigenvalue weighted by atomic mass is 9.90. The molecule has 3 nitrogen and oxygen atoms in total. The Bertz CT molecular complexity index is 379. The summed E-state index contributed by atoms with van der Waals surface area (Å²) in [6.45, 7) is 0. The minimum atomic E-state index is -0.0966. The smallest absolute Gasteiger partial charge is 0.306 e. The fourth-order valence-corrected chi connectivity index (χ4v) is 3.59. The van der Waals surface area contributed by atoms with Crippen molar-refractivity contribution in [3.8, 4) is 0 Å². The zero-order chi connectivity index (χ0) is 12.5. The van der Waals surface area contributed by atoms with Crippen LogP contribution in [0.15, 0.2) is 12.2 Å². The minimum Gasteiger partial charge on any atom is -0.462 e. The molecule has 0 aromatic carbocycles. The molecule has 0 spiro atoms. The van der Waals surface area contributed by atoms with Gasteiger partial charge < -0.3 is 4.74 Å². The summed E-state index contributed by atoms with van der Waals surface area (Å²) in [5.41, 5.74) is 0. The Morgan fingerprint density at radius 2 is 2.00 bits per heavy atom. The third kappa shape index (κ3) is 2.23.